The van der Waals surface area contributed by atoms with Gasteiger partial charge in [0.25, 0.3) is 5.69 Å². The van der Waals surface area contributed by atoms with E-state index in [9.17, 15) is 19.3 Å². The summed E-state index contributed by atoms with van der Waals surface area (Å²) in [5.41, 5.74) is 3.31. The summed E-state index contributed by atoms with van der Waals surface area (Å²) >= 11 is 6.09. The molecule has 0 aromatic heterocycles. The maximum Gasteiger partial charge on any atom is 0.282 e. The first-order valence-electron chi connectivity index (χ1n) is 9.98. The summed E-state index contributed by atoms with van der Waals surface area (Å²) in [6.45, 7) is 1.95. The molecule has 0 bridgehead atoms. The lowest BCUT2D eigenvalue weighted by atomic mass is 9.96. The molecular formula is C21H20ClFN4O5. The topological polar surface area (TPSA) is 106 Å². The highest BCUT2D eigenvalue weighted by Gasteiger charge is 2.26. The van der Waals surface area contributed by atoms with Crippen LogP contribution < -0.4 is 14.9 Å². The van der Waals surface area contributed by atoms with Crippen LogP contribution in [0.25, 0.3) is 0 Å². The monoisotopic (exact) mass is 462 g/mol. The number of benzene rings is 2. The standard InChI is InChI=1S/C21H20ClFN4O5/c22-17-8-16(23)2-1-14(17)11-26-5-3-13(4-6-26)21(28)25-24-10-15-7-19-20(32-12-31-19)9-18(15)27(29)30/h1-2,7-10,13H,3-6,11-12H2,(H,25,28)/b24-10-. The average molecular weight is 463 g/mol. The van der Waals surface area contributed by atoms with E-state index in [1.165, 1.54) is 30.5 Å². The second-order valence-electron chi connectivity index (χ2n) is 7.54. The lowest BCUT2D eigenvalue weighted by Gasteiger charge is -2.31. The Morgan fingerprint density at radius 1 is 1.28 bits per heavy atom. The molecule has 0 unspecified atom stereocenters. The first kappa shape index (κ1) is 22.0. The maximum atomic E-state index is 13.2. The zero-order chi connectivity index (χ0) is 22.7. The lowest BCUT2D eigenvalue weighted by Crippen LogP contribution is -2.39. The van der Waals surface area contributed by atoms with Crippen LogP contribution >= 0.6 is 11.6 Å². The van der Waals surface area contributed by atoms with Crippen molar-refractivity contribution in [3.63, 3.8) is 0 Å². The van der Waals surface area contributed by atoms with Crippen LogP contribution in [0.4, 0.5) is 10.1 Å². The fourth-order valence-electron chi connectivity index (χ4n) is 3.71. The van der Waals surface area contributed by atoms with E-state index in [2.05, 4.69) is 15.4 Å². The molecule has 0 radical (unpaired) electrons. The van der Waals surface area contributed by atoms with Gasteiger partial charge in [-0.3, -0.25) is 19.8 Å². The van der Waals surface area contributed by atoms with Gasteiger partial charge < -0.3 is 9.47 Å². The third-order valence-corrected chi connectivity index (χ3v) is 5.82. The minimum atomic E-state index is -0.547. The molecule has 1 N–H and O–H groups in total. The Bertz CT molecular complexity index is 1070. The molecule has 2 aliphatic heterocycles. The number of piperidine rings is 1. The van der Waals surface area contributed by atoms with Crippen molar-refractivity contribution in [3.05, 3.63) is 62.4 Å². The molecule has 0 aliphatic carbocycles. The van der Waals surface area contributed by atoms with Gasteiger partial charge in [0.1, 0.15) is 5.82 Å². The van der Waals surface area contributed by atoms with Crippen LogP contribution in [0.5, 0.6) is 11.5 Å². The molecule has 9 nitrogen and oxygen atoms in total. The van der Waals surface area contributed by atoms with Gasteiger partial charge in [-0.1, -0.05) is 17.7 Å². The molecule has 0 saturated carbocycles. The van der Waals surface area contributed by atoms with E-state index >= 15 is 0 Å². The smallest absolute Gasteiger partial charge is 0.282 e. The predicted molar refractivity (Wildman–Crippen MR) is 114 cm³/mol. The number of hydrogen-bond donors (Lipinski definition) is 1. The largest absolute Gasteiger partial charge is 0.454 e. The van der Waals surface area contributed by atoms with E-state index in [1.807, 2.05) is 0 Å². The molecule has 1 saturated heterocycles. The SMILES string of the molecule is O=C(N/N=C\c1cc2c(cc1[N+](=O)[O-])OCO2)C1CCN(Cc2ccc(F)cc2Cl)CC1. The fourth-order valence-corrected chi connectivity index (χ4v) is 3.94. The molecule has 4 rings (SSSR count). The molecule has 0 atom stereocenters. The van der Waals surface area contributed by atoms with E-state index in [4.69, 9.17) is 21.1 Å². The van der Waals surface area contributed by atoms with Gasteiger partial charge in [0.15, 0.2) is 11.5 Å². The maximum absolute atomic E-state index is 13.2. The molecule has 11 heteroatoms. The number of halogens is 2. The van der Waals surface area contributed by atoms with Crippen molar-refractivity contribution in [2.24, 2.45) is 11.0 Å². The van der Waals surface area contributed by atoms with Gasteiger partial charge in [0, 0.05) is 17.5 Å². The number of hydrazone groups is 1. The molecular weight excluding hydrogens is 443 g/mol. The van der Waals surface area contributed by atoms with Crippen LogP contribution in [-0.2, 0) is 11.3 Å². The van der Waals surface area contributed by atoms with Gasteiger partial charge >= 0.3 is 0 Å². The molecule has 1 amide bonds. The molecule has 168 valence electrons. The van der Waals surface area contributed by atoms with Crippen molar-refractivity contribution in [2.75, 3.05) is 19.9 Å². The molecule has 0 spiro atoms. The van der Waals surface area contributed by atoms with Crippen LogP contribution in [0.15, 0.2) is 35.4 Å². The first-order chi connectivity index (χ1) is 15.4. The number of ether oxygens (including phenoxy) is 2. The molecule has 32 heavy (non-hydrogen) atoms. The van der Waals surface area contributed by atoms with E-state index in [0.717, 1.165) is 5.56 Å². The number of carbonyl (C=O) groups is 1. The van der Waals surface area contributed by atoms with Crippen molar-refractivity contribution in [1.82, 2.24) is 10.3 Å². The molecule has 1 fully saturated rings. The van der Waals surface area contributed by atoms with Crippen LogP contribution in [-0.4, -0.2) is 41.8 Å². The van der Waals surface area contributed by atoms with Crippen LogP contribution in [0, 0.1) is 21.8 Å². The van der Waals surface area contributed by atoms with Gasteiger partial charge in [-0.25, -0.2) is 9.82 Å². The summed E-state index contributed by atoms with van der Waals surface area (Å²) in [6.07, 6.45) is 2.48. The Balaban J connectivity index is 1.31. The lowest BCUT2D eigenvalue weighted by molar-refractivity contribution is -0.385. The summed E-state index contributed by atoms with van der Waals surface area (Å²) < 4.78 is 23.6. The second-order valence-corrected chi connectivity index (χ2v) is 7.95. The number of nitrogens with one attached hydrogen (secondary N) is 1. The Labute approximate surface area is 187 Å². The number of nitro benzene ring substituents is 1. The summed E-state index contributed by atoms with van der Waals surface area (Å²) in [5.74, 6) is -0.160. The van der Waals surface area contributed by atoms with Crippen molar-refractivity contribution < 1.29 is 23.6 Å². The van der Waals surface area contributed by atoms with E-state index in [0.29, 0.717) is 49.0 Å². The Kier molecular flexibility index (Phi) is 6.52. The number of nitrogens with zero attached hydrogens (tertiary/aromatic N) is 3. The summed E-state index contributed by atoms with van der Waals surface area (Å²) in [4.78, 5) is 25.4. The molecule has 2 aliphatic rings. The van der Waals surface area contributed by atoms with Crippen molar-refractivity contribution in [2.45, 2.75) is 19.4 Å². The number of carbonyl (C=O) groups excluding carboxylic acids is 1. The second kappa shape index (κ2) is 9.49. The molecule has 2 aromatic rings. The van der Waals surface area contributed by atoms with Crippen molar-refractivity contribution in [3.8, 4) is 11.5 Å². The summed E-state index contributed by atoms with van der Waals surface area (Å²) in [7, 11) is 0. The minimum Gasteiger partial charge on any atom is -0.454 e. The predicted octanol–water partition coefficient (Wildman–Crippen LogP) is 3.48. The third-order valence-electron chi connectivity index (χ3n) is 5.46. The fraction of sp³-hybridized carbons (Fsp3) is 0.333. The number of likely N-dealkylation sites (tertiary alicyclic amines) is 1. The van der Waals surface area contributed by atoms with Gasteiger partial charge in [-0.05, 0) is 49.7 Å². The number of nitro groups is 1. The Hall–Kier alpha value is -3.24. The zero-order valence-electron chi connectivity index (χ0n) is 16.9. The normalized spacial score (nSPS) is 16.4. The summed E-state index contributed by atoms with van der Waals surface area (Å²) in [5, 5.41) is 15.6. The van der Waals surface area contributed by atoms with Crippen molar-refractivity contribution >= 4 is 29.4 Å². The van der Waals surface area contributed by atoms with Crippen LogP contribution in [0.1, 0.15) is 24.0 Å². The van der Waals surface area contributed by atoms with Gasteiger partial charge in [0.2, 0.25) is 12.7 Å². The van der Waals surface area contributed by atoms with E-state index in [1.54, 1.807) is 6.07 Å². The Morgan fingerprint density at radius 3 is 2.69 bits per heavy atom. The highest BCUT2D eigenvalue weighted by molar-refractivity contribution is 6.31. The van der Waals surface area contributed by atoms with Crippen LogP contribution in [0.2, 0.25) is 5.02 Å². The highest BCUT2D eigenvalue weighted by Crippen LogP contribution is 2.37. The minimum absolute atomic E-state index is 0.00408. The summed E-state index contributed by atoms with van der Waals surface area (Å²) in [6, 6.07) is 7.06. The average Bonchev–Trinajstić information content (AvgIpc) is 3.23. The number of hydrogen-bond acceptors (Lipinski definition) is 7. The first-order valence-corrected chi connectivity index (χ1v) is 10.4. The molecule has 2 heterocycles. The van der Waals surface area contributed by atoms with E-state index < -0.39 is 4.92 Å². The quantitative estimate of drug-likeness (QED) is 0.400. The van der Waals surface area contributed by atoms with E-state index in [-0.39, 0.29) is 35.7 Å². The molecule has 2 aromatic carbocycles. The van der Waals surface area contributed by atoms with Gasteiger partial charge in [-0.15, -0.1) is 0 Å². The third kappa shape index (κ3) is 4.97. The van der Waals surface area contributed by atoms with Crippen molar-refractivity contribution in [1.29, 1.82) is 0 Å². The number of rotatable bonds is 6. The Morgan fingerprint density at radius 2 is 2.00 bits per heavy atom. The van der Waals surface area contributed by atoms with Gasteiger partial charge in [-0.2, -0.15) is 5.10 Å². The number of fused-ring (bicyclic) bond motifs is 1. The zero-order valence-corrected chi connectivity index (χ0v) is 17.7. The van der Waals surface area contributed by atoms with Gasteiger partial charge in [0.05, 0.1) is 22.8 Å². The highest BCUT2D eigenvalue weighted by atomic mass is 35.5. The van der Waals surface area contributed by atoms with Crippen LogP contribution in [0.3, 0.4) is 0 Å². The number of amides is 1.